The zero-order valence-corrected chi connectivity index (χ0v) is 20.6. The van der Waals surface area contributed by atoms with Crippen LogP contribution in [0.3, 0.4) is 0 Å². The van der Waals surface area contributed by atoms with Crippen LogP contribution in [-0.2, 0) is 17.8 Å². The van der Waals surface area contributed by atoms with Gasteiger partial charge in [0, 0.05) is 43.4 Å². The smallest absolute Gasteiger partial charge is 0.227 e. The predicted molar refractivity (Wildman–Crippen MR) is 133 cm³/mol. The number of nitrogens with one attached hydrogen (secondary N) is 1. The van der Waals surface area contributed by atoms with E-state index in [-0.39, 0.29) is 29.9 Å². The first kappa shape index (κ1) is 24.4. The molecule has 0 spiro atoms. The van der Waals surface area contributed by atoms with Gasteiger partial charge >= 0.3 is 0 Å². The summed E-state index contributed by atoms with van der Waals surface area (Å²) in [5, 5.41) is 4.02. The molecule has 162 valence electrons. The second-order valence-electron chi connectivity index (χ2n) is 7.12. The number of aromatic nitrogens is 1. The van der Waals surface area contributed by atoms with Crippen LogP contribution in [0.5, 0.6) is 0 Å². The summed E-state index contributed by atoms with van der Waals surface area (Å²) in [5.41, 5.74) is 2.90. The highest BCUT2D eigenvalue weighted by atomic mass is 127. The van der Waals surface area contributed by atoms with Gasteiger partial charge in [0.15, 0.2) is 5.96 Å². The van der Waals surface area contributed by atoms with Crippen molar-refractivity contribution in [1.82, 2.24) is 20.1 Å². The molecule has 30 heavy (non-hydrogen) atoms. The second-order valence-corrected chi connectivity index (χ2v) is 7.55. The monoisotopic (exact) mass is 541 g/mol. The van der Waals surface area contributed by atoms with E-state index in [2.05, 4.69) is 22.1 Å². The molecule has 6 nitrogen and oxygen atoms in total. The van der Waals surface area contributed by atoms with Gasteiger partial charge in [-0.05, 0) is 43.7 Å². The van der Waals surface area contributed by atoms with Crippen LogP contribution in [0.25, 0.3) is 0 Å². The molecule has 2 aromatic rings. The van der Waals surface area contributed by atoms with E-state index in [1.165, 1.54) is 0 Å². The number of halogens is 2. The summed E-state index contributed by atoms with van der Waals surface area (Å²) in [4.78, 5) is 26.0. The Hall–Kier alpha value is -1.87. The SMILES string of the molecule is CCNC(=NCc1cccc(C)n1)N1CCN(C(=O)Cc2cccc(Cl)c2)CC1.I. The first-order valence-electron chi connectivity index (χ1n) is 10.0. The van der Waals surface area contributed by atoms with Crippen LogP contribution in [0, 0.1) is 6.92 Å². The molecule has 1 aliphatic heterocycles. The molecule has 2 heterocycles. The second kappa shape index (κ2) is 12.1. The maximum atomic E-state index is 12.6. The van der Waals surface area contributed by atoms with Gasteiger partial charge in [-0.15, -0.1) is 24.0 Å². The number of carbonyl (C=O) groups excluding carboxylic acids is 1. The number of nitrogens with zero attached hydrogens (tertiary/aromatic N) is 4. The Morgan fingerprint density at radius 3 is 2.50 bits per heavy atom. The van der Waals surface area contributed by atoms with Crippen LogP contribution in [0.2, 0.25) is 5.02 Å². The van der Waals surface area contributed by atoms with Crippen molar-refractivity contribution in [3.63, 3.8) is 0 Å². The van der Waals surface area contributed by atoms with Crippen molar-refractivity contribution in [2.45, 2.75) is 26.8 Å². The van der Waals surface area contributed by atoms with E-state index in [0.29, 0.717) is 31.1 Å². The molecule has 0 saturated carbocycles. The Labute approximate surface area is 200 Å². The molecule has 1 fully saturated rings. The maximum Gasteiger partial charge on any atom is 0.227 e. The highest BCUT2D eigenvalue weighted by Gasteiger charge is 2.23. The quantitative estimate of drug-likeness (QED) is 0.358. The molecule has 1 amide bonds. The number of hydrogen-bond acceptors (Lipinski definition) is 3. The van der Waals surface area contributed by atoms with Crippen LogP contribution in [0.1, 0.15) is 23.9 Å². The summed E-state index contributed by atoms with van der Waals surface area (Å²) in [7, 11) is 0. The van der Waals surface area contributed by atoms with Gasteiger partial charge in [-0.2, -0.15) is 0 Å². The topological polar surface area (TPSA) is 60.8 Å². The van der Waals surface area contributed by atoms with Crippen LogP contribution < -0.4 is 5.32 Å². The van der Waals surface area contributed by atoms with Gasteiger partial charge < -0.3 is 15.1 Å². The van der Waals surface area contributed by atoms with Gasteiger partial charge in [-0.25, -0.2) is 4.99 Å². The van der Waals surface area contributed by atoms with Crippen molar-refractivity contribution < 1.29 is 4.79 Å². The Bertz CT molecular complexity index is 868. The lowest BCUT2D eigenvalue weighted by molar-refractivity contribution is -0.131. The van der Waals surface area contributed by atoms with Gasteiger partial charge in [0.2, 0.25) is 5.91 Å². The molecule has 1 aromatic heterocycles. The molecule has 1 saturated heterocycles. The van der Waals surface area contributed by atoms with Crippen molar-refractivity contribution in [1.29, 1.82) is 0 Å². The number of aryl methyl sites for hydroxylation is 1. The summed E-state index contributed by atoms with van der Waals surface area (Å²) >= 11 is 6.02. The summed E-state index contributed by atoms with van der Waals surface area (Å²) in [6, 6.07) is 13.5. The van der Waals surface area contributed by atoms with Crippen molar-refractivity contribution >= 4 is 47.4 Å². The lowest BCUT2D eigenvalue weighted by Gasteiger charge is -2.36. The number of piperazine rings is 1. The Morgan fingerprint density at radius 2 is 1.83 bits per heavy atom. The molecule has 0 aliphatic carbocycles. The predicted octanol–water partition coefficient (Wildman–Crippen LogP) is 3.51. The van der Waals surface area contributed by atoms with Crippen LogP contribution in [0.4, 0.5) is 0 Å². The standard InChI is InChI=1S/C22H28ClN5O.HI/c1-3-24-22(25-16-20-9-4-6-17(2)26-20)28-12-10-27(11-13-28)21(29)15-18-7-5-8-19(23)14-18;/h4-9,14H,3,10-13,15-16H2,1-2H3,(H,24,25);1H. The lowest BCUT2D eigenvalue weighted by atomic mass is 10.1. The number of hydrogen-bond donors (Lipinski definition) is 1. The number of pyridine rings is 1. The summed E-state index contributed by atoms with van der Waals surface area (Å²) in [6.07, 6.45) is 0.383. The number of amides is 1. The van der Waals surface area contributed by atoms with Crippen molar-refractivity contribution in [3.8, 4) is 0 Å². The normalized spacial score (nSPS) is 14.3. The summed E-state index contributed by atoms with van der Waals surface area (Å²) < 4.78 is 0. The van der Waals surface area contributed by atoms with E-state index in [4.69, 9.17) is 16.6 Å². The molecule has 0 unspecified atom stereocenters. The first-order chi connectivity index (χ1) is 14.0. The first-order valence-corrected chi connectivity index (χ1v) is 10.4. The van der Waals surface area contributed by atoms with E-state index in [1.54, 1.807) is 0 Å². The minimum Gasteiger partial charge on any atom is -0.357 e. The molecule has 3 rings (SSSR count). The molecule has 1 aliphatic rings. The molecular formula is C22H29ClIN5O. The average molecular weight is 542 g/mol. The van der Waals surface area contributed by atoms with Crippen molar-refractivity contribution in [3.05, 3.63) is 64.4 Å². The van der Waals surface area contributed by atoms with Crippen LogP contribution in [0.15, 0.2) is 47.5 Å². The van der Waals surface area contributed by atoms with E-state index in [9.17, 15) is 4.79 Å². The number of benzene rings is 1. The van der Waals surface area contributed by atoms with Gasteiger partial charge in [0.05, 0.1) is 18.7 Å². The number of guanidine groups is 1. The molecule has 1 N–H and O–H groups in total. The fourth-order valence-electron chi connectivity index (χ4n) is 3.37. The Morgan fingerprint density at radius 1 is 1.13 bits per heavy atom. The maximum absolute atomic E-state index is 12.6. The number of rotatable bonds is 5. The fourth-order valence-corrected chi connectivity index (χ4v) is 3.58. The van der Waals surface area contributed by atoms with Gasteiger partial charge in [-0.3, -0.25) is 9.78 Å². The Kier molecular flexibility index (Phi) is 9.84. The van der Waals surface area contributed by atoms with E-state index >= 15 is 0 Å². The molecule has 1 aromatic carbocycles. The van der Waals surface area contributed by atoms with Gasteiger partial charge in [0.25, 0.3) is 0 Å². The zero-order chi connectivity index (χ0) is 20.6. The number of carbonyl (C=O) groups is 1. The largest absolute Gasteiger partial charge is 0.357 e. The minimum absolute atomic E-state index is 0. The zero-order valence-electron chi connectivity index (χ0n) is 17.5. The molecule has 0 atom stereocenters. The fraction of sp³-hybridized carbons (Fsp3) is 0.409. The molecular weight excluding hydrogens is 513 g/mol. The van der Waals surface area contributed by atoms with E-state index in [1.807, 2.05) is 54.3 Å². The number of aliphatic imine (C=N–C) groups is 1. The summed E-state index contributed by atoms with van der Waals surface area (Å²) in [6.45, 7) is 8.27. The third-order valence-electron chi connectivity index (χ3n) is 4.85. The van der Waals surface area contributed by atoms with Gasteiger partial charge in [0.1, 0.15) is 0 Å². The highest BCUT2D eigenvalue weighted by molar-refractivity contribution is 14.0. The van der Waals surface area contributed by atoms with Crippen LogP contribution in [-0.4, -0.2) is 59.4 Å². The van der Waals surface area contributed by atoms with Crippen molar-refractivity contribution in [2.75, 3.05) is 32.7 Å². The van der Waals surface area contributed by atoms with Crippen molar-refractivity contribution in [2.24, 2.45) is 4.99 Å². The van der Waals surface area contributed by atoms with E-state index in [0.717, 1.165) is 42.5 Å². The third kappa shape index (κ3) is 7.12. The highest BCUT2D eigenvalue weighted by Crippen LogP contribution is 2.13. The minimum atomic E-state index is 0. The molecule has 8 heteroatoms. The van der Waals surface area contributed by atoms with Gasteiger partial charge in [-0.1, -0.05) is 29.8 Å². The van der Waals surface area contributed by atoms with E-state index < -0.39 is 0 Å². The molecule has 0 radical (unpaired) electrons. The molecule has 0 bridgehead atoms. The average Bonchev–Trinajstić information content (AvgIpc) is 2.71. The third-order valence-corrected chi connectivity index (χ3v) is 5.08. The summed E-state index contributed by atoms with van der Waals surface area (Å²) in [5.74, 6) is 1.01. The Balaban J connectivity index is 0.00000320. The van der Waals surface area contributed by atoms with Crippen LogP contribution >= 0.6 is 35.6 Å². The lowest BCUT2D eigenvalue weighted by Crippen LogP contribution is -2.54.